The van der Waals surface area contributed by atoms with Gasteiger partial charge in [0, 0.05) is 12.8 Å². The summed E-state index contributed by atoms with van der Waals surface area (Å²) in [6.07, 6.45) is 3.65. The maximum Gasteiger partial charge on any atom is 0.309 e. The van der Waals surface area contributed by atoms with Crippen molar-refractivity contribution < 1.29 is 18.7 Å². The molecule has 0 heterocycles. The maximum absolute atomic E-state index is 13.4. The van der Waals surface area contributed by atoms with Gasteiger partial charge in [0.2, 0.25) is 5.92 Å². The predicted octanol–water partition coefficient (Wildman–Crippen LogP) is 4.73. The highest BCUT2D eigenvalue weighted by atomic mass is 19.3. The molecule has 20 heavy (non-hydrogen) atoms. The van der Waals surface area contributed by atoms with Gasteiger partial charge in [0.15, 0.2) is 0 Å². The van der Waals surface area contributed by atoms with Crippen LogP contribution >= 0.6 is 0 Å². The third-order valence-electron chi connectivity index (χ3n) is 5.80. The van der Waals surface area contributed by atoms with Crippen molar-refractivity contribution in [3.05, 3.63) is 0 Å². The number of carboxylic acid groups (broad SMARTS) is 1. The topological polar surface area (TPSA) is 37.3 Å². The fraction of sp³-hybridized carbons (Fsp3) is 0.938. The molecule has 0 amide bonds. The molecule has 2 aliphatic rings. The molecule has 0 aromatic heterocycles. The van der Waals surface area contributed by atoms with E-state index in [9.17, 15) is 18.7 Å². The van der Waals surface area contributed by atoms with E-state index >= 15 is 0 Å². The number of hydrogen-bond donors (Lipinski definition) is 1. The normalized spacial score (nSPS) is 33.0. The van der Waals surface area contributed by atoms with Crippen LogP contribution in [0.4, 0.5) is 8.78 Å². The number of rotatable bonds is 3. The Bertz CT molecular complexity index is 347. The lowest BCUT2D eigenvalue weighted by Gasteiger charge is -2.45. The Labute approximate surface area is 119 Å². The van der Waals surface area contributed by atoms with Gasteiger partial charge in [-0.25, -0.2) is 8.78 Å². The molecule has 0 aliphatic heterocycles. The van der Waals surface area contributed by atoms with Gasteiger partial charge in [-0.05, 0) is 56.3 Å². The quantitative estimate of drug-likeness (QED) is 0.815. The minimum absolute atomic E-state index is 0.0890. The number of carboxylic acids is 1. The molecule has 0 aromatic rings. The summed E-state index contributed by atoms with van der Waals surface area (Å²) >= 11 is 0. The Kier molecular flexibility index (Phi) is 4.41. The average molecular weight is 288 g/mol. The van der Waals surface area contributed by atoms with Crippen LogP contribution in [0.5, 0.6) is 0 Å². The fourth-order valence-corrected chi connectivity index (χ4v) is 4.20. The van der Waals surface area contributed by atoms with Crippen molar-refractivity contribution in [2.45, 2.75) is 71.1 Å². The van der Waals surface area contributed by atoms with Gasteiger partial charge in [-0.1, -0.05) is 13.8 Å². The second kappa shape index (κ2) is 5.61. The van der Waals surface area contributed by atoms with E-state index < -0.39 is 17.3 Å². The SMILES string of the molecule is CC(C)C1CCC(C2(C(=O)O)CCC(F)(F)CC2)CC1. The average Bonchev–Trinajstić information content (AvgIpc) is 2.39. The summed E-state index contributed by atoms with van der Waals surface area (Å²) < 4.78 is 26.7. The van der Waals surface area contributed by atoms with E-state index in [4.69, 9.17) is 0 Å². The molecule has 4 heteroatoms. The molecule has 0 radical (unpaired) electrons. The number of alkyl halides is 2. The first-order valence-electron chi connectivity index (χ1n) is 7.88. The fourth-order valence-electron chi connectivity index (χ4n) is 4.20. The van der Waals surface area contributed by atoms with Crippen molar-refractivity contribution >= 4 is 5.97 Å². The minimum Gasteiger partial charge on any atom is -0.481 e. The molecular formula is C16H26F2O2. The summed E-state index contributed by atoms with van der Waals surface area (Å²) in [5.74, 6) is -2.12. The van der Waals surface area contributed by atoms with Crippen LogP contribution in [0.1, 0.15) is 65.2 Å². The first-order chi connectivity index (χ1) is 9.27. The highest BCUT2D eigenvalue weighted by Crippen LogP contribution is 2.53. The predicted molar refractivity (Wildman–Crippen MR) is 73.8 cm³/mol. The van der Waals surface area contributed by atoms with Crippen LogP contribution in [0.15, 0.2) is 0 Å². The Balaban J connectivity index is 2.06. The lowest BCUT2D eigenvalue weighted by Crippen LogP contribution is -2.45. The summed E-state index contributed by atoms with van der Waals surface area (Å²) in [5.41, 5.74) is -0.885. The van der Waals surface area contributed by atoms with E-state index in [0.717, 1.165) is 25.7 Å². The molecule has 0 spiro atoms. The zero-order valence-corrected chi connectivity index (χ0v) is 12.5. The van der Waals surface area contributed by atoms with Crippen molar-refractivity contribution in [2.24, 2.45) is 23.2 Å². The number of aliphatic carboxylic acids is 1. The molecule has 0 atom stereocenters. The van der Waals surface area contributed by atoms with E-state index in [1.807, 2.05) is 0 Å². The van der Waals surface area contributed by atoms with E-state index in [-0.39, 0.29) is 31.6 Å². The number of hydrogen-bond acceptors (Lipinski definition) is 1. The molecule has 2 aliphatic carbocycles. The Morgan fingerprint density at radius 3 is 1.95 bits per heavy atom. The number of halogens is 2. The van der Waals surface area contributed by atoms with E-state index in [1.165, 1.54) is 0 Å². The lowest BCUT2D eigenvalue weighted by molar-refractivity contribution is -0.164. The second-order valence-corrected chi connectivity index (χ2v) is 7.17. The third-order valence-corrected chi connectivity index (χ3v) is 5.80. The monoisotopic (exact) mass is 288 g/mol. The minimum atomic E-state index is -2.66. The zero-order valence-electron chi connectivity index (χ0n) is 12.5. The van der Waals surface area contributed by atoms with Crippen LogP contribution in [-0.2, 0) is 4.79 Å². The van der Waals surface area contributed by atoms with Gasteiger partial charge < -0.3 is 5.11 Å². The third kappa shape index (κ3) is 2.99. The molecule has 2 rings (SSSR count). The van der Waals surface area contributed by atoms with Gasteiger partial charge in [0.1, 0.15) is 0 Å². The van der Waals surface area contributed by atoms with Gasteiger partial charge >= 0.3 is 5.97 Å². The van der Waals surface area contributed by atoms with Crippen LogP contribution < -0.4 is 0 Å². The first-order valence-corrected chi connectivity index (χ1v) is 7.88. The first kappa shape index (κ1) is 15.7. The lowest BCUT2D eigenvalue weighted by atomic mass is 9.59. The van der Waals surface area contributed by atoms with E-state index in [1.54, 1.807) is 0 Å². The summed E-state index contributed by atoms with van der Waals surface area (Å²) in [4.78, 5) is 11.8. The molecule has 2 fully saturated rings. The second-order valence-electron chi connectivity index (χ2n) is 7.17. The van der Waals surface area contributed by atoms with Crippen LogP contribution in [0.3, 0.4) is 0 Å². The molecule has 2 saturated carbocycles. The van der Waals surface area contributed by atoms with Crippen molar-refractivity contribution in [1.29, 1.82) is 0 Å². The summed E-state index contributed by atoms with van der Waals surface area (Å²) in [6, 6.07) is 0. The van der Waals surface area contributed by atoms with Gasteiger partial charge in [-0.2, -0.15) is 0 Å². The van der Waals surface area contributed by atoms with Crippen molar-refractivity contribution in [3.8, 4) is 0 Å². The molecule has 0 saturated heterocycles. The Morgan fingerprint density at radius 2 is 1.55 bits per heavy atom. The van der Waals surface area contributed by atoms with Gasteiger partial charge in [0.25, 0.3) is 0 Å². The molecular weight excluding hydrogens is 262 g/mol. The van der Waals surface area contributed by atoms with Crippen molar-refractivity contribution in [2.75, 3.05) is 0 Å². The zero-order chi connectivity index (χ0) is 15.0. The van der Waals surface area contributed by atoms with Crippen LogP contribution in [0.2, 0.25) is 0 Å². The van der Waals surface area contributed by atoms with E-state index in [2.05, 4.69) is 13.8 Å². The molecule has 0 unspecified atom stereocenters. The van der Waals surface area contributed by atoms with Gasteiger partial charge in [-0.3, -0.25) is 4.79 Å². The van der Waals surface area contributed by atoms with Gasteiger partial charge in [-0.15, -0.1) is 0 Å². The standard InChI is InChI=1S/C16H26F2O2/c1-11(2)12-3-5-13(6-4-12)15(14(19)20)7-9-16(17,18)10-8-15/h11-13H,3-10H2,1-2H3,(H,19,20). The highest BCUT2D eigenvalue weighted by Gasteiger charge is 2.52. The highest BCUT2D eigenvalue weighted by molar-refractivity contribution is 5.75. The van der Waals surface area contributed by atoms with Crippen molar-refractivity contribution in [1.82, 2.24) is 0 Å². The summed E-state index contributed by atoms with van der Waals surface area (Å²) in [5, 5.41) is 9.64. The summed E-state index contributed by atoms with van der Waals surface area (Å²) in [7, 11) is 0. The molecule has 0 bridgehead atoms. The van der Waals surface area contributed by atoms with Crippen LogP contribution in [-0.4, -0.2) is 17.0 Å². The van der Waals surface area contributed by atoms with E-state index in [0.29, 0.717) is 11.8 Å². The van der Waals surface area contributed by atoms with Crippen molar-refractivity contribution in [3.63, 3.8) is 0 Å². The maximum atomic E-state index is 13.4. The number of carbonyl (C=O) groups is 1. The van der Waals surface area contributed by atoms with Gasteiger partial charge in [0.05, 0.1) is 5.41 Å². The van der Waals surface area contributed by atoms with Crippen LogP contribution in [0.25, 0.3) is 0 Å². The smallest absolute Gasteiger partial charge is 0.309 e. The van der Waals surface area contributed by atoms with Crippen LogP contribution in [0, 0.1) is 23.2 Å². The summed E-state index contributed by atoms with van der Waals surface area (Å²) in [6.45, 7) is 4.41. The molecule has 1 N–H and O–H groups in total. The molecule has 2 nitrogen and oxygen atoms in total. The Hall–Kier alpha value is -0.670. The Morgan fingerprint density at radius 1 is 1.05 bits per heavy atom. The largest absolute Gasteiger partial charge is 0.481 e. The molecule has 0 aromatic carbocycles. The molecule has 116 valence electrons.